The van der Waals surface area contributed by atoms with Crippen molar-refractivity contribution in [2.45, 2.75) is 45.3 Å². The van der Waals surface area contributed by atoms with Gasteiger partial charge in [-0.05, 0) is 44.4 Å². The van der Waals surface area contributed by atoms with Gasteiger partial charge in [0, 0.05) is 31.3 Å². The number of nitrogens with one attached hydrogen (secondary N) is 1. The van der Waals surface area contributed by atoms with Gasteiger partial charge in [0.15, 0.2) is 0 Å². The molecule has 0 spiro atoms. The van der Waals surface area contributed by atoms with E-state index in [4.69, 9.17) is 4.74 Å². The number of hydrogen-bond donors (Lipinski definition) is 1. The number of aromatic nitrogens is 2. The van der Waals surface area contributed by atoms with Gasteiger partial charge in [-0.1, -0.05) is 23.5 Å². The van der Waals surface area contributed by atoms with Crippen LogP contribution in [0.1, 0.15) is 48.0 Å². The number of ether oxygens (including phenoxy) is 1. The van der Waals surface area contributed by atoms with Crippen molar-refractivity contribution in [2.24, 2.45) is 5.92 Å². The van der Waals surface area contributed by atoms with Crippen LogP contribution in [-0.4, -0.2) is 61.3 Å². The van der Waals surface area contributed by atoms with E-state index in [1.165, 1.54) is 18.4 Å². The van der Waals surface area contributed by atoms with Crippen molar-refractivity contribution in [3.63, 3.8) is 0 Å². The number of pyridine rings is 1. The van der Waals surface area contributed by atoms with E-state index in [2.05, 4.69) is 15.3 Å². The van der Waals surface area contributed by atoms with Gasteiger partial charge in [0.05, 0.1) is 34.5 Å². The zero-order valence-electron chi connectivity index (χ0n) is 21.1. The second-order valence-corrected chi connectivity index (χ2v) is 12.7. The lowest BCUT2D eigenvalue weighted by Crippen LogP contribution is -2.41. The zero-order valence-corrected chi connectivity index (χ0v) is 22.7. The number of anilines is 2. The molecule has 1 saturated heterocycles. The number of halogens is 2. The first-order chi connectivity index (χ1) is 17.5. The van der Waals surface area contributed by atoms with Crippen molar-refractivity contribution < 1.29 is 26.7 Å². The first-order valence-electron chi connectivity index (χ1n) is 11.9. The number of methoxy groups -OCH3 is 1. The van der Waals surface area contributed by atoms with Crippen LogP contribution in [0.4, 0.5) is 20.2 Å². The molecule has 12 heteroatoms. The molecule has 0 unspecified atom stereocenters. The summed E-state index contributed by atoms with van der Waals surface area (Å²) in [5.41, 5.74) is 3.25. The molecule has 3 heterocycles. The number of benzene rings is 1. The fraction of sp³-hybridized carbons (Fsp3) is 0.480. The van der Waals surface area contributed by atoms with Gasteiger partial charge < -0.3 is 15.0 Å². The summed E-state index contributed by atoms with van der Waals surface area (Å²) in [5, 5.41) is 4.18. The average molecular weight is 553 g/mol. The highest BCUT2D eigenvalue weighted by molar-refractivity contribution is 7.91. The molecule has 1 fully saturated rings. The van der Waals surface area contributed by atoms with Crippen molar-refractivity contribution in [3.05, 3.63) is 46.6 Å². The smallest absolute Gasteiger partial charge is 0.262 e. The number of thiazole rings is 1. The molecule has 37 heavy (non-hydrogen) atoms. The third-order valence-electron chi connectivity index (χ3n) is 6.77. The Morgan fingerprint density at radius 3 is 2.46 bits per heavy atom. The third-order valence-corrected chi connectivity index (χ3v) is 9.37. The van der Waals surface area contributed by atoms with Gasteiger partial charge in [0.2, 0.25) is 5.91 Å². The number of alkyl halides is 2. The lowest BCUT2D eigenvalue weighted by Gasteiger charge is -2.32. The van der Waals surface area contributed by atoms with Crippen molar-refractivity contribution >= 4 is 48.8 Å². The number of rotatable bonds is 8. The standard InChI is InChI=1S/C25H30F2N4O4S2/c1-14(35-4)20-19(13-28-24-21(20)29-15(2)36-24)30-18-7-5-16(6-8-18)22(23(26)27)31(3)25(32)17-9-11-37(33,34)12-10-17/h5-8,13-14,17,22-23,30H,9-12H2,1-4H3/t14-,22+/m1/s1. The molecule has 2 aromatic heterocycles. The molecule has 3 aromatic rings. The maximum absolute atomic E-state index is 14.1. The molecule has 1 aromatic carbocycles. The minimum Gasteiger partial charge on any atom is -0.377 e. The van der Waals surface area contributed by atoms with E-state index in [9.17, 15) is 22.0 Å². The first-order valence-corrected chi connectivity index (χ1v) is 14.6. The summed E-state index contributed by atoms with van der Waals surface area (Å²) in [6.07, 6.45) is -1.05. The van der Waals surface area contributed by atoms with Crippen LogP contribution in [0.15, 0.2) is 30.5 Å². The Labute approximate surface area is 219 Å². The molecule has 0 saturated carbocycles. The highest BCUT2D eigenvalue weighted by Crippen LogP contribution is 2.36. The van der Waals surface area contributed by atoms with Crippen molar-refractivity contribution in [1.29, 1.82) is 0 Å². The fourth-order valence-corrected chi connectivity index (χ4v) is 6.91. The Bertz CT molecular complexity index is 1370. The normalized spacial score (nSPS) is 17.6. The molecular formula is C25H30F2N4O4S2. The summed E-state index contributed by atoms with van der Waals surface area (Å²) in [6.45, 7) is 3.83. The van der Waals surface area contributed by atoms with Crippen molar-refractivity contribution in [3.8, 4) is 0 Å². The van der Waals surface area contributed by atoms with Gasteiger partial charge >= 0.3 is 0 Å². The number of nitrogens with zero attached hydrogens (tertiary/aromatic N) is 3. The van der Waals surface area contributed by atoms with Crippen LogP contribution < -0.4 is 5.32 Å². The molecular weight excluding hydrogens is 522 g/mol. The minimum absolute atomic E-state index is 0.0955. The Hall–Kier alpha value is -2.70. The Morgan fingerprint density at radius 1 is 1.22 bits per heavy atom. The first kappa shape index (κ1) is 27.3. The molecule has 1 aliphatic heterocycles. The van der Waals surface area contributed by atoms with Crippen molar-refractivity contribution in [2.75, 3.05) is 31.0 Å². The van der Waals surface area contributed by atoms with E-state index in [-0.39, 0.29) is 36.0 Å². The summed E-state index contributed by atoms with van der Waals surface area (Å²) in [7, 11) is -0.192. The summed E-state index contributed by atoms with van der Waals surface area (Å²) in [5.74, 6) is -1.23. The Balaban J connectivity index is 1.55. The van der Waals surface area contributed by atoms with Crippen LogP contribution in [0.3, 0.4) is 0 Å². The monoisotopic (exact) mass is 552 g/mol. The van der Waals surface area contributed by atoms with Gasteiger partial charge in [-0.2, -0.15) is 0 Å². The molecule has 0 radical (unpaired) electrons. The zero-order chi connectivity index (χ0) is 26.9. The van der Waals surface area contributed by atoms with E-state index < -0.39 is 34.1 Å². The molecule has 4 rings (SSSR count). The number of hydrogen-bond acceptors (Lipinski definition) is 8. The average Bonchev–Trinajstić information content (AvgIpc) is 3.24. The van der Waals surface area contributed by atoms with Crippen LogP contribution >= 0.6 is 11.3 Å². The summed E-state index contributed by atoms with van der Waals surface area (Å²) in [6, 6.07) is 5.03. The predicted octanol–water partition coefficient (Wildman–Crippen LogP) is 5.04. The lowest BCUT2D eigenvalue weighted by molar-refractivity contribution is -0.140. The number of carbonyl (C=O) groups excluding carboxylic acids is 1. The topological polar surface area (TPSA) is 101 Å². The predicted molar refractivity (Wildman–Crippen MR) is 140 cm³/mol. The maximum Gasteiger partial charge on any atom is 0.262 e. The van der Waals surface area contributed by atoms with E-state index in [0.717, 1.165) is 25.8 Å². The quantitative estimate of drug-likeness (QED) is 0.418. The molecule has 2 atom stereocenters. The van der Waals surface area contributed by atoms with Crippen molar-refractivity contribution in [1.82, 2.24) is 14.9 Å². The van der Waals surface area contributed by atoms with E-state index in [0.29, 0.717) is 11.4 Å². The highest BCUT2D eigenvalue weighted by Gasteiger charge is 2.36. The van der Waals surface area contributed by atoms with Crippen LogP contribution in [0.25, 0.3) is 10.3 Å². The fourth-order valence-electron chi connectivity index (χ4n) is 4.65. The van der Waals surface area contributed by atoms with E-state index in [1.807, 2.05) is 13.8 Å². The maximum atomic E-state index is 14.1. The Kier molecular flexibility index (Phi) is 8.10. The van der Waals surface area contributed by atoms with E-state index in [1.54, 1.807) is 37.6 Å². The summed E-state index contributed by atoms with van der Waals surface area (Å²) < 4.78 is 57.2. The van der Waals surface area contributed by atoms with Gasteiger partial charge in [0.25, 0.3) is 6.43 Å². The van der Waals surface area contributed by atoms with Crippen LogP contribution in [0, 0.1) is 12.8 Å². The lowest BCUT2D eigenvalue weighted by atomic mass is 9.98. The van der Waals surface area contributed by atoms with Crippen LogP contribution in [0.2, 0.25) is 0 Å². The molecule has 0 bridgehead atoms. The second-order valence-electron chi connectivity index (χ2n) is 9.25. The third kappa shape index (κ3) is 5.91. The molecule has 8 nitrogen and oxygen atoms in total. The van der Waals surface area contributed by atoms with Gasteiger partial charge in [0.1, 0.15) is 26.2 Å². The summed E-state index contributed by atoms with van der Waals surface area (Å²) >= 11 is 1.49. The van der Waals surface area contributed by atoms with Crippen LogP contribution in [0.5, 0.6) is 0 Å². The SMILES string of the molecule is CO[C@H](C)c1c(Nc2ccc([C@@H](C(F)F)N(C)C(=O)C3CCS(=O)(=O)CC3)cc2)cnc2sc(C)nc12. The number of sulfone groups is 1. The minimum atomic E-state index is -3.16. The molecule has 0 aliphatic carbocycles. The van der Waals surface area contributed by atoms with Gasteiger partial charge in [-0.3, -0.25) is 4.79 Å². The number of aryl methyl sites for hydroxylation is 1. The number of amides is 1. The van der Waals surface area contributed by atoms with Gasteiger partial charge in [-0.25, -0.2) is 27.2 Å². The molecule has 1 amide bonds. The largest absolute Gasteiger partial charge is 0.377 e. The highest BCUT2D eigenvalue weighted by atomic mass is 32.2. The van der Waals surface area contributed by atoms with Gasteiger partial charge in [-0.15, -0.1) is 0 Å². The molecule has 1 aliphatic rings. The number of carbonyl (C=O) groups is 1. The Morgan fingerprint density at radius 2 is 1.86 bits per heavy atom. The molecule has 200 valence electrons. The second kappa shape index (κ2) is 11.0. The summed E-state index contributed by atoms with van der Waals surface area (Å²) in [4.78, 5) is 23.9. The van der Waals surface area contributed by atoms with Crippen LogP contribution in [-0.2, 0) is 19.4 Å². The molecule has 1 N–H and O–H groups in total. The van der Waals surface area contributed by atoms with E-state index >= 15 is 0 Å². The number of fused-ring (bicyclic) bond motifs is 1.